The van der Waals surface area contributed by atoms with E-state index in [1.54, 1.807) is 19.6 Å². The van der Waals surface area contributed by atoms with Gasteiger partial charge in [-0.2, -0.15) is 10.1 Å². The Balaban J connectivity index is 1.60. The van der Waals surface area contributed by atoms with Crippen LogP contribution in [-0.2, 0) is 0 Å². The number of nitrogens with one attached hydrogen (secondary N) is 1. The maximum Gasteiger partial charge on any atom is 0.226 e. The monoisotopic (exact) mass is 409 g/mol. The largest absolute Gasteiger partial charge is 0.497 e. The van der Waals surface area contributed by atoms with E-state index in [1.807, 2.05) is 59.4 Å². The van der Waals surface area contributed by atoms with Gasteiger partial charge in [0.2, 0.25) is 5.95 Å². The molecule has 2 aromatic heterocycles. The van der Waals surface area contributed by atoms with Crippen molar-refractivity contribution in [1.82, 2.24) is 19.7 Å². The molecule has 0 saturated carbocycles. The SMILES string of the molecule is COc1ccc([C@@H]2Oc3ccccc3C3=C2[C@H](c2cccnc2)n2ncnc2N3)cc1. The van der Waals surface area contributed by atoms with Crippen molar-refractivity contribution >= 4 is 11.6 Å². The second kappa shape index (κ2) is 6.98. The lowest BCUT2D eigenvalue weighted by atomic mass is 9.85. The summed E-state index contributed by atoms with van der Waals surface area (Å²) in [5.41, 5.74) is 5.11. The van der Waals surface area contributed by atoms with Crippen LogP contribution >= 0.6 is 0 Å². The van der Waals surface area contributed by atoms with E-state index in [0.717, 1.165) is 39.5 Å². The summed E-state index contributed by atoms with van der Waals surface area (Å²) in [6, 6.07) is 19.8. The highest BCUT2D eigenvalue weighted by molar-refractivity contribution is 5.85. The number of anilines is 1. The number of rotatable bonds is 3. The number of benzene rings is 2. The van der Waals surface area contributed by atoms with Crippen LogP contribution in [0.15, 0.2) is 85.0 Å². The maximum absolute atomic E-state index is 6.58. The van der Waals surface area contributed by atoms with Crippen LogP contribution in [0.1, 0.15) is 28.8 Å². The highest BCUT2D eigenvalue weighted by atomic mass is 16.5. The molecule has 0 amide bonds. The number of pyridine rings is 1. The number of ether oxygens (including phenoxy) is 2. The molecular formula is C24H19N5O2. The molecule has 0 spiro atoms. The number of para-hydroxylation sites is 1. The summed E-state index contributed by atoms with van der Waals surface area (Å²) in [4.78, 5) is 8.80. The first-order valence-electron chi connectivity index (χ1n) is 10.0. The third-order valence-electron chi connectivity index (χ3n) is 5.74. The van der Waals surface area contributed by atoms with Crippen molar-refractivity contribution < 1.29 is 9.47 Å². The van der Waals surface area contributed by atoms with Crippen LogP contribution < -0.4 is 14.8 Å². The van der Waals surface area contributed by atoms with Gasteiger partial charge in [0, 0.05) is 23.5 Å². The molecule has 152 valence electrons. The standard InChI is InChI=1S/C24H19N5O2/c1-30-17-10-8-15(9-11-17)23-20-21(18-6-2-3-7-19(18)31-23)28-24-26-14-27-29(24)22(20)16-5-4-12-25-13-16/h2-14,22-23H,1H3,(H,26,27,28)/t22-,23-/m0/s1. The van der Waals surface area contributed by atoms with Gasteiger partial charge in [0.1, 0.15) is 30.0 Å². The lowest BCUT2D eigenvalue weighted by molar-refractivity contribution is 0.223. The Hall–Kier alpha value is -4.13. The summed E-state index contributed by atoms with van der Waals surface area (Å²) < 4.78 is 13.8. The zero-order valence-corrected chi connectivity index (χ0v) is 16.8. The van der Waals surface area contributed by atoms with Gasteiger partial charge in [0.15, 0.2) is 0 Å². The van der Waals surface area contributed by atoms with Gasteiger partial charge in [-0.05, 0) is 41.5 Å². The maximum atomic E-state index is 6.58. The van der Waals surface area contributed by atoms with Gasteiger partial charge < -0.3 is 14.8 Å². The fourth-order valence-corrected chi connectivity index (χ4v) is 4.33. The number of methoxy groups -OCH3 is 1. The Labute approximate surface area is 179 Å². The topological polar surface area (TPSA) is 74.1 Å². The van der Waals surface area contributed by atoms with Crippen LogP contribution in [0.5, 0.6) is 11.5 Å². The Morgan fingerprint density at radius 2 is 1.87 bits per heavy atom. The van der Waals surface area contributed by atoms with Gasteiger partial charge in [-0.1, -0.05) is 30.3 Å². The smallest absolute Gasteiger partial charge is 0.226 e. The van der Waals surface area contributed by atoms with Crippen molar-refractivity contribution in [3.05, 3.63) is 102 Å². The average molecular weight is 409 g/mol. The van der Waals surface area contributed by atoms with Gasteiger partial charge >= 0.3 is 0 Å². The fourth-order valence-electron chi connectivity index (χ4n) is 4.33. The number of aromatic nitrogens is 4. The molecular weight excluding hydrogens is 390 g/mol. The predicted molar refractivity (Wildman–Crippen MR) is 116 cm³/mol. The molecule has 6 rings (SSSR count). The normalized spacial score (nSPS) is 18.9. The molecule has 4 aromatic rings. The highest BCUT2D eigenvalue weighted by Crippen LogP contribution is 2.50. The number of hydrogen-bond acceptors (Lipinski definition) is 6. The van der Waals surface area contributed by atoms with Gasteiger partial charge in [-0.25, -0.2) is 4.68 Å². The van der Waals surface area contributed by atoms with E-state index in [0.29, 0.717) is 5.95 Å². The molecule has 4 heterocycles. The molecule has 2 aliphatic heterocycles. The minimum Gasteiger partial charge on any atom is -0.497 e. The van der Waals surface area contributed by atoms with Crippen LogP contribution in [-0.4, -0.2) is 26.9 Å². The van der Waals surface area contributed by atoms with Gasteiger partial charge in [-0.15, -0.1) is 0 Å². The molecule has 2 atom stereocenters. The number of nitrogens with zero attached hydrogens (tertiary/aromatic N) is 4. The van der Waals surface area contributed by atoms with Crippen molar-refractivity contribution in [2.75, 3.05) is 12.4 Å². The van der Waals surface area contributed by atoms with Crippen molar-refractivity contribution in [2.24, 2.45) is 0 Å². The molecule has 7 heteroatoms. The molecule has 0 radical (unpaired) electrons. The summed E-state index contributed by atoms with van der Waals surface area (Å²) in [6.45, 7) is 0. The number of fused-ring (bicyclic) bond motifs is 3. The van der Waals surface area contributed by atoms with E-state index in [2.05, 4.69) is 32.5 Å². The zero-order chi connectivity index (χ0) is 20.8. The van der Waals surface area contributed by atoms with E-state index in [9.17, 15) is 0 Å². The molecule has 2 aliphatic rings. The fraction of sp³-hybridized carbons (Fsp3) is 0.125. The van der Waals surface area contributed by atoms with Gasteiger partial charge in [0.05, 0.1) is 12.8 Å². The molecule has 0 unspecified atom stereocenters. The van der Waals surface area contributed by atoms with Crippen LogP contribution in [0.2, 0.25) is 0 Å². The molecule has 0 saturated heterocycles. The molecule has 0 fully saturated rings. The summed E-state index contributed by atoms with van der Waals surface area (Å²) in [5, 5.41) is 8.02. The van der Waals surface area contributed by atoms with Crippen LogP contribution in [0.3, 0.4) is 0 Å². The molecule has 31 heavy (non-hydrogen) atoms. The average Bonchev–Trinajstić information content (AvgIpc) is 3.31. The second-order valence-electron chi connectivity index (χ2n) is 7.44. The third kappa shape index (κ3) is 2.78. The molecule has 2 aromatic carbocycles. The van der Waals surface area contributed by atoms with Crippen LogP contribution in [0.25, 0.3) is 5.70 Å². The number of hydrogen-bond donors (Lipinski definition) is 1. The van der Waals surface area contributed by atoms with Crippen molar-refractivity contribution in [2.45, 2.75) is 12.1 Å². The van der Waals surface area contributed by atoms with E-state index >= 15 is 0 Å². The predicted octanol–water partition coefficient (Wildman–Crippen LogP) is 4.24. The Bertz CT molecular complexity index is 1280. The lowest BCUT2D eigenvalue weighted by Gasteiger charge is -2.38. The quantitative estimate of drug-likeness (QED) is 0.546. The van der Waals surface area contributed by atoms with E-state index < -0.39 is 0 Å². The molecule has 1 N–H and O–H groups in total. The Kier molecular flexibility index (Phi) is 3.99. The minimum absolute atomic E-state index is 0.206. The first kappa shape index (κ1) is 17.7. The van der Waals surface area contributed by atoms with E-state index in [1.165, 1.54) is 0 Å². The summed E-state index contributed by atoms with van der Waals surface area (Å²) in [7, 11) is 1.67. The van der Waals surface area contributed by atoms with Crippen LogP contribution in [0, 0.1) is 0 Å². The Morgan fingerprint density at radius 1 is 1.00 bits per heavy atom. The zero-order valence-electron chi connectivity index (χ0n) is 16.8. The molecule has 0 aliphatic carbocycles. The summed E-state index contributed by atoms with van der Waals surface area (Å²) in [5.74, 6) is 2.32. The summed E-state index contributed by atoms with van der Waals surface area (Å²) in [6.07, 6.45) is 4.90. The van der Waals surface area contributed by atoms with Crippen molar-refractivity contribution in [3.63, 3.8) is 0 Å². The second-order valence-corrected chi connectivity index (χ2v) is 7.44. The molecule has 0 bridgehead atoms. The van der Waals surface area contributed by atoms with E-state index in [4.69, 9.17) is 9.47 Å². The Morgan fingerprint density at radius 3 is 2.68 bits per heavy atom. The van der Waals surface area contributed by atoms with Crippen molar-refractivity contribution in [1.29, 1.82) is 0 Å². The third-order valence-corrected chi connectivity index (χ3v) is 5.74. The van der Waals surface area contributed by atoms with Gasteiger partial charge in [0.25, 0.3) is 0 Å². The summed E-state index contributed by atoms with van der Waals surface area (Å²) >= 11 is 0. The van der Waals surface area contributed by atoms with Crippen LogP contribution in [0.4, 0.5) is 5.95 Å². The first-order chi connectivity index (χ1) is 15.3. The van der Waals surface area contributed by atoms with E-state index in [-0.39, 0.29) is 12.1 Å². The highest BCUT2D eigenvalue weighted by Gasteiger charge is 2.40. The first-order valence-corrected chi connectivity index (χ1v) is 10.0. The van der Waals surface area contributed by atoms with Gasteiger partial charge in [-0.3, -0.25) is 4.98 Å². The minimum atomic E-state index is -0.314. The lowest BCUT2D eigenvalue weighted by Crippen LogP contribution is -2.32. The molecule has 7 nitrogen and oxygen atoms in total. The van der Waals surface area contributed by atoms with Crippen molar-refractivity contribution in [3.8, 4) is 11.5 Å².